The summed E-state index contributed by atoms with van der Waals surface area (Å²) in [6, 6.07) is 10.5. The maximum Gasteiger partial charge on any atom is 0.107 e. The molecular formula is C10H15OPS2. The largest absolute Gasteiger partial charge is 0.344 e. The molecule has 1 unspecified atom stereocenters. The first-order valence-electron chi connectivity index (χ1n) is 4.66. The van der Waals surface area contributed by atoms with Crippen molar-refractivity contribution in [3.63, 3.8) is 0 Å². The van der Waals surface area contributed by atoms with Gasteiger partial charge in [0.2, 0.25) is 0 Å². The molecule has 0 amide bonds. The van der Waals surface area contributed by atoms with E-state index in [1.165, 1.54) is 5.56 Å². The van der Waals surface area contributed by atoms with Crippen LogP contribution in [0, 0.1) is 0 Å². The van der Waals surface area contributed by atoms with Crippen LogP contribution in [0.2, 0.25) is 0 Å². The van der Waals surface area contributed by atoms with Crippen molar-refractivity contribution < 1.29 is 4.52 Å². The Hall–Kier alpha value is 0.180. The fourth-order valence-electron chi connectivity index (χ4n) is 1.06. The first kappa shape index (κ1) is 12.3. The second kappa shape index (κ2) is 7.47. The number of hydrogen-bond acceptors (Lipinski definition) is 3. The second-order valence-corrected chi connectivity index (χ2v) is 8.12. The molecule has 1 nitrogen and oxygen atoms in total. The molecule has 0 N–H and O–H groups in total. The Kier molecular flexibility index (Phi) is 6.54. The number of benzene rings is 1. The molecule has 0 saturated heterocycles. The Morgan fingerprint density at radius 1 is 1.36 bits per heavy atom. The number of hydrogen-bond donors (Lipinski definition) is 0. The molecule has 1 rings (SSSR count). The molecule has 0 saturated carbocycles. The lowest BCUT2D eigenvalue weighted by Crippen LogP contribution is -1.86. The number of rotatable bonds is 6. The standard InChI is InChI=1S/C10H15OPS2/c1-2-11-12(13)14-9-8-10-6-4-3-5-7-10/h3-7,12H,2,8-9H2,1H3. The van der Waals surface area contributed by atoms with Gasteiger partial charge in [0, 0.05) is 12.4 Å². The van der Waals surface area contributed by atoms with Gasteiger partial charge in [-0.3, -0.25) is 0 Å². The average molecular weight is 246 g/mol. The van der Waals surface area contributed by atoms with E-state index in [0.29, 0.717) is 0 Å². The Bertz CT molecular complexity index is 277. The molecule has 4 heteroatoms. The molecule has 0 fully saturated rings. The van der Waals surface area contributed by atoms with Crippen molar-refractivity contribution in [2.24, 2.45) is 0 Å². The van der Waals surface area contributed by atoms with Gasteiger partial charge in [-0.2, -0.15) is 0 Å². The van der Waals surface area contributed by atoms with E-state index in [9.17, 15) is 0 Å². The van der Waals surface area contributed by atoms with Crippen molar-refractivity contribution in [2.75, 3.05) is 12.4 Å². The maximum atomic E-state index is 5.36. The summed E-state index contributed by atoms with van der Waals surface area (Å²) in [6.07, 6.45) is 0.0766. The van der Waals surface area contributed by atoms with Gasteiger partial charge in [0.15, 0.2) is 0 Å². The van der Waals surface area contributed by atoms with Crippen molar-refractivity contribution in [1.29, 1.82) is 0 Å². The fourth-order valence-corrected chi connectivity index (χ4v) is 4.39. The predicted octanol–water partition coefficient (Wildman–Crippen LogP) is 3.50. The summed E-state index contributed by atoms with van der Waals surface area (Å²) in [5.41, 5.74) is 1.38. The van der Waals surface area contributed by atoms with Crippen LogP contribution in [0.3, 0.4) is 0 Å². The highest BCUT2D eigenvalue weighted by atomic mass is 32.9. The lowest BCUT2D eigenvalue weighted by Gasteiger charge is -2.04. The van der Waals surface area contributed by atoms with E-state index in [4.69, 9.17) is 16.3 Å². The van der Waals surface area contributed by atoms with Gasteiger partial charge in [-0.25, -0.2) is 0 Å². The van der Waals surface area contributed by atoms with Gasteiger partial charge in [0.25, 0.3) is 0 Å². The van der Waals surface area contributed by atoms with E-state index in [0.717, 1.165) is 18.8 Å². The molecule has 0 bridgehead atoms. The highest BCUT2D eigenvalue weighted by Gasteiger charge is 1.95. The zero-order valence-electron chi connectivity index (χ0n) is 8.23. The SMILES string of the molecule is CCO[PH](=S)SCCc1ccccc1. The molecular weight excluding hydrogens is 231 g/mol. The van der Waals surface area contributed by atoms with E-state index in [1.54, 1.807) is 11.4 Å². The van der Waals surface area contributed by atoms with Gasteiger partial charge in [0.05, 0.1) is 0 Å². The van der Waals surface area contributed by atoms with E-state index in [-0.39, 0.29) is 0 Å². The van der Waals surface area contributed by atoms with Crippen molar-refractivity contribution in [3.05, 3.63) is 35.9 Å². The number of aryl methyl sites for hydroxylation is 1. The van der Waals surface area contributed by atoms with Crippen LogP contribution in [0.25, 0.3) is 0 Å². The van der Waals surface area contributed by atoms with Crippen LogP contribution in [0.15, 0.2) is 30.3 Å². The van der Waals surface area contributed by atoms with Gasteiger partial charge in [-0.05, 0) is 18.9 Å². The monoisotopic (exact) mass is 246 g/mol. The molecule has 0 aliphatic rings. The van der Waals surface area contributed by atoms with Crippen LogP contribution in [0.1, 0.15) is 12.5 Å². The van der Waals surface area contributed by atoms with Crippen molar-refractivity contribution in [3.8, 4) is 0 Å². The van der Waals surface area contributed by atoms with Crippen LogP contribution in [0.4, 0.5) is 0 Å². The lowest BCUT2D eigenvalue weighted by atomic mass is 10.2. The Morgan fingerprint density at radius 2 is 2.07 bits per heavy atom. The van der Waals surface area contributed by atoms with Gasteiger partial charge in [-0.1, -0.05) is 42.1 Å². The molecule has 0 aliphatic heterocycles. The third-order valence-corrected chi connectivity index (χ3v) is 5.97. The molecule has 1 atom stereocenters. The van der Waals surface area contributed by atoms with Crippen molar-refractivity contribution in [1.82, 2.24) is 0 Å². The van der Waals surface area contributed by atoms with Crippen molar-refractivity contribution in [2.45, 2.75) is 13.3 Å². The van der Waals surface area contributed by atoms with Crippen LogP contribution in [0.5, 0.6) is 0 Å². The van der Waals surface area contributed by atoms with Gasteiger partial charge < -0.3 is 4.52 Å². The van der Waals surface area contributed by atoms with Crippen LogP contribution >= 0.6 is 17.5 Å². The van der Waals surface area contributed by atoms with Crippen LogP contribution < -0.4 is 0 Å². The normalized spacial score (nSPS) is 12.6. The van der Waals surface area contributed by atoms with E-state index in [1.807, 2.05) is 13.0 Å². The smallest absolute Gasteiger partial charge is 0.107 e. The van der Waals surface area contributed by atoms with Gasteiger partial charge in [0.1, 0.15) is 6.13 Å². The summed E-state index contributed by atoms with van der Waals surface area (Å²) in [5.74, 6) is 1.07. The first-order valence-corrected chi connectivity index (χ1v) is 8.91. The molecule has 14 heavy (non-hydrogen) atoms. The predicted molar refractivity (Wildman–Crippen MR) is 69.9 cm³/mol. The molecule has 1 aromatic carbocycles. The third kappa shape index (κ3) is 5.16. The Labute approximate surface area is 95.5 Å². The highest BCUT2D eigenvalue weighted by Crippen LogP contribution is 2.39. The molecule has 0 aliphatic carbocycles. The Balaban J connectivity index is 2.19. The Morgan fingerprint density at radius 3 is 2.71 bits per heavy atom. The topological polar surface area (TPSA) is 9.23 Å². The highest BCUT2D eigenvalue weighted by molar-refractivity contribution is 8.62. The first-order chi connectivity index (χ1) is 6.83. The average Bonchev–Trinajstić information content (AvgIpc) is 2.20. The second-order valence-electron chi connectivity index (χ2n) is 2.77. The molecule has 1 aromatic rings. The van der Waals surface area contributed by atoms with E-state index >= 15 is 0 Å². The summed E-state index contributed by atoms with van der Waals surface area (Å²) < 4.78 is 5.36. The van der Waals surface area contributed by atoms with Crippen LogP contribution in [-0.4, -0.2) is 12.4 Å². The molecule has 78 valence electrons. The zero-order chi connectivity index (χ0) is 10.2. The van der Waals surface area contributed by atoms with Gasteiger partial charge in [-0.15, -0.1) is 11.4 Å². The minimum absolute atomic E-state index is 0.746. The zero-order valence-corrected chi connectivity index (χ0v) is 10.9. The van der Waals surface area contributed by atoms with E-state index < -0.39 is 6.13 Å². The minimum atomic E-state index is -1.01. The van der Waals surface area contributed by atoms with E-state index in [2.05, 4.69) is 24.3 Å². The summed E-state index contributed by atoms with van der Waals surface area (Å²) in [5, 5.41) is 0. The summed E-state index contributed by atoms with van der Waals surface area (Å²) >= 11 is 6.98. The minimum Gasteiger partial charge on any atom is -0.344 e. The quantitative estimate of drug-likeness (QED) is 0.711. The molecule has 0 aromatic heterocycles. The molecule has 0 spiro atoms. The summed E-state index contributed by atoms with van der Waals surface area (Å²) in [7, 11) is 0. The summed E-state index contributed by atoms with van der Waals surface area (Å²) in [6.45, 7) is 2.74. The third-order valence-electron chi connectivity index (χ3n) is 1.72. The van der Waals surface area contributed by atoms with Gasteiger partial charge >= 0.3 is 0 Å². The van der Waals surface area contributed by atoms with Crippen LogP contribution in [-0.2, 0) is 22.8 Å². The molecule has 0 heterocycles. The summed E-state index contributed by atoms with van der Waals surface area (Å²) in [4.78, 5) is 0. The molecule has 0 radical (unpaired) electrons. The van der Waals surface area contributed by atoms with Crippen molar-refractivity contribution >= 4 is 29.3 Å². The maximum absolute atomic E-state index is 5.36. The fraction of sp³-hybridized carbons (Fsp3) is 0.400. The lowest BCUT2D eigenvalue weighted by molar-refractivity contribution is 0.396.